The van der Waals surface area contributed by atoms with E-state index in [1.54, 1.807) is 0 Å². The summed E-state index contributed by atoms with van der Waals surface area (Å²) < 4.78 is 0. The van der Waals surface area contributed by atoms with Crippen molar-refractivity contribution in [1.82, 2.24) is 0 Å². The van der Waals surface area contributed by atoms with Crippen LogP contribution in [0.3, 0.4) is 0 Å². The first-order chi connectivity index (χ1) is 8.70. The van der Waals surface area contributed by atoms with Crippen LogP contribution in [-0.2, 0) is 0 Å². The lowest BCUT2D eigenvalue weighted by molar-refractivity contribution is -0.673. The normalized spacial score (nSPS) is 50.4. The summed E-state index contributed by atoms with van der Waals surface area (Å²) in [6.45, 7) is 0. The van der Waals surface area contributed by atoms with Gasteiger partial charge in [-0.05, 0) is 11.6 Å². The number of alkyl halides is 1. The van der Waals surface area contributed by atoms with Gasteiger partial charge in [0.05, 0.1) is 11.8 Å². The third-order valence-corrected chi connectivity index (χ3v) is 6.08. The van der Waals surface area contributed by atoms with Crippen LogP contribution in [0.4, 0.5) is 0 Å². The Kier molecular flexibility index (Phi) is 2.07. The summed E-state index contributed by atoms with van der Waals surface area (Å²) >= 11 is 6.08. The highest BCUT2D eigenvalue weighted by atomic mass is 35.5. The van der Waals surface area contributed by atoms with E-state index in [0.717, 1.165) is 0 Å². The molecule has 4 saturated carbocycles. The molecule has 4 fully saturated rings. The molecule has 104 valence electrons. The first-order valence-corrected chi connectivity index (χ1v) is 6.21. The van der Waals surface area contributed by atoms with E-state index < -0.39 is 42.7 Å². The second-order valence-electron chi connectivity index (χ2n) is 5.77. The SMILES string of the molecule is O=[N+]([O-])C1(Cl)C2CC3([N+](=O)[O-])CC1CC3([N+](=O)[O-])C2. The van der Waals surface area contributed by atoms with Crippen molar-refractivity contribution in [3.05, 3.63) is 30.3 Å². The predicted octanol–water partition coefficient (Wildman–Crippen LogP) is 1.06. The molecule has 0 aromatic rings. The standard InChI is InChI=1S/C9H10ClN3O6/c10-9(13(18)19)5-1-7(11(14)15)3-6(9)4-8(7,2-5)12(16)17/h5-6H,1-4H2. The summed E-state index contributed by atoms with van der Waals surface area (Å²) in [6, 6.07) is 0. The number of nitrogens with zero attached hydrogens (tertiary/aromatic N) is 3. The van der Waals surface area contributed by atoms with Crippen LogP contribution in [0.15, 0.2) is 0 Å². The number of rotatable bonds is 3. The van der Waals surface area contributed by atoms with Crippen LogP contribution in [0.2, 0.25) is 0 Å². The molecule has 4 aliphatic rings. The zero-order valence-electron chi connectivity index (χ0n) is 9.65. The van der Waals surface area contributed by atoms with Crippen LogP contribution < -0.4 is 0 Å². The van der Waals surface area contributed by atoms with Gasteiger partial charge in [-0.1, -0.05) is 0 Å². The first kappa shape index (κ1) is 12.5. The molecule has 4 rings (SSSR count). The summed E-state index contributed by atoms with van der Waals surface area (Å²) in [5, 5.41) is 33.9. The highest BCUT2D eigenvalue weighted by molar-refractivity contribution is 6.23. The van der Waals surface area contributed by atoms with Crippen molar-refractivity contribution in [1.29, 1.82) is 0 Å². The average molecular weight is 292 g/mol. The molecule has 4 aliphatic carbocycles. The van der Waals surface area contributed by atoms with Crippen molar-refractivity contribution < 1.29 is 14.8 Å². The third kappa shape index (κ3) is 1.05. The van der Waals surface area contributed by atoms with E-state index in [4.69, 9.17) is 11.6 Å². The van der Waals surface area contributed by atoms with E-state index >= 15 is 0 Å². The van der Waals surface area contributed by atoms with Gasteiger partial charge in [-0.2, -0.15) is 0 Å². The quantitative estimate of drug-likeness (QED) is 0.331. The smallest absolute Gasteiger partial charge is 0.264 e. The molecule has 0 N–H and O–H groups in total. The molecule has 0 amide bonds. The van der Waals surface area contributed by atoms with Gasteiger partial charge >= 0.3 is 5.00 Å². The Bertz CT molecular complexity index is 474. The summed E-state index contributed by atoms with van der Waals surface area (Å²) in [6.07, 6.45) is -0.714. The van der Waals surface area contributed by atoms with Crippen LogP contribution in [0.25, 0.3) is 0 Å². The van der Waals surface area contributed by atoms with E-state index in [1.807, 2.05) is 0 Å². The van der Waals surface area contributed by atoms with Crippen molar-refractivity contribution in [2.24, 2.45) is 11.8 Å². The summed E-state index contributed by atoms with van der Waals surface area (Å²) in [7, 11) is 0. The van der Waals surface area contributed by atoms with Crippen molar-refractivity contribution in [2.75, 3.05) is 0 Å². The average Bonchev–Trinajstić information content (AvgIpc) is 2.73. The molecular formula is C9H10ClN3O6. The second-order valence-corrected chi connectivity index (χ2v) is 6.38. The number of halogens is 1. The lowest BCUT2D eigenvalue weighted by Crippen LogP contribution is -2.55. The Labute approximate surface area is 111 Å². The molecule has 9 nitrogen and oxygen atoms in total. The fraction of sp³-hybridized carbons (Fsp3) is 1.00. The van der Waals surface area contributed by atoms with E-state index in [0.29, 0.717) is 0 Å². The maximum Gasteiger partial charge on any atom is 0.301 e. The molecule has 0 aliphatic heterocycles. The van der Waals surface area contributed by atoms with Crippen LogP contribution in [0.1, 0.15) is 25.7 Å². The van der Waals surface area contributed by atoms with Crippen LogP contribution in [0, 0.1) is 42.2 Å². The Morgan fingerprint density at radius 2 is 1.11 bits per heavy atom. The van der Waals surface area contributed by atoms with Crippen LogP contribution in [0.5, 0.6) is 0 Å². The van der Waals surface area contributed by atoms with Gasteiger partial charge in [0.1, 0.15) is 0 Å². The highest BCUT2D eigenvalue weighted by Crippen LogP contribution is 2.70. The van der Waals surface area contributed by atoms with Gasteiger partial charge in [0.25, 0.3) is 11.1 Å². The maximum absolute atomic E-state index is 11.3. The summed E-state index contributed by atoms with van der Waals surface area (Å²) in [5.74, 6) is -1.63. The zero-order valence-corrected chi connectivity index (χ0v) is 10.4. The Balaban J connectivity index is 2.15. The van der Waals surface area contributed by atoms with Crippen molar-refractivity contribution >= 4 is 11.6 Å². The van der Waals surface area contributed by atoms with Crippen LogP contribution in [-0.4, -0.2) is 30.8 Å². The van der Waals surface area contributed by atoms with E-state index in [-0.39, 0.29) is 25.7 Å². The molecule has 0 aromatic carbocycles. The first-order valence-electron chi connectivity index (χ1n) is 5.83. The molecule has 4 bridgehead atoms. The summed E-state index contributed by atoms with van der Waals surface area (Å²) in [4.78, 5) is 30.3. The Morgan fingerprint density at radius 1 is 0.789 bits per heavy atom. The topological polar surface area (TPSA) is 129 Å². The van der Waals surface area contributed by atoms with Crippen molar-refractivity contribution in [3.63, 3.8) is 0 Å². The van der Waals surface area contributed by atoms with Crippen LogP contribution >= 0.6 is 11.6 Å². The Hall–Kier alpha value is -1.51. The number of hydrogen-bond acceptors (Lipinski definition) is 6. The molecule has 0 spiro atoms. The minimum atomic E-state index is -1.78. The van der Waals surface area contributed by atoms with Gasteiger partial charge in [-0.25, -0.2) is 0 Å². The van der Waals surface area contributed by atoms with Gasteiger partial charge in [0.15, 0.2) is 0 Å². The van der Waals surface area contributed by atoms with Crippen molar-refractivity contribution in [3.8, 4) is 0 Å². The fourth-order valence-electron chi connectivity index (χ4n) is 4.54. The number of hydrogen-bond donors (Lipinski definition) is 0. The van der Waals surface area contributed by atoms with E-state index in [9.17, 15) is 30.3 Å². The number of nitro groups is 3. The minimum absolute atomic E-state index is 0.179. The van der Waals surface area contributed by atoms with Gasteiger partial charge in [0, 0.05) is 40.5 Å². The second kappa shape index (κ2) is 3.14. The predicted molar refractivity (Wildman–Crippen MR) is 60.5 cm³/mol. The van der Waals surface area contributed by atoms with E-state index in [1.165, 1.54) is 0 Å². The fourth-order valence-corrected chi connectivity index (χ4v) is 4.85. The Morgan fingerprint density at radius 3 is 1.32 bits per heavy atom. The molecule has 0 aromatic heterocycles. The molecule has 0 unspecified atom stereocenters. The lowest BCUT2D eigenvalue weighted by atomic mass is 9.75. The largest absolute Gasteiger partial charge is 0.301 e. The highest BCUT2D eigenvalue weighted by Gasteiger charge is 2.90. The molecule has 0 saturated heterocycles. The summed E-state index contributed by atoms with van der Waals surface area (Å²) in [5.41, 5.74) is -3.36. The van der Waals surface area contributed by atoms with Gasteiger partial charge in [-0.15, -0.1) is 0 Å². The molecule has 0 atom stereocenters. The third-order valence-electron chi connectivity index (χ3n) is 5.33. The van der Waals surface area contributed by atoms with E-state index in [2.05, 4.69) is 0 Å². The van der Waals surface area contributed by atoms with Gasteiger partial charge < -0.3 is 0 Å². The van der Waals surface area contributed by atoms with Gasteiger partial charge in [0.2, 0.25) is 0 Å². The van der Waals surface area contributed by atoms with Gasteiger partial charge in [-0.3, -0.25) is 30.3 Å². The molecule has 19 heavy (non-hydrogen) atoms. The maximum atomic E-state index is 11.3. The molecule has 0 radical (unpaired) electrons. The van der Waals surface area contributed by atoms with Crippen molar-refractivity contribution in [2.45, 2.75) is 41.8 Å². The minimum Gasteiger partial charge on any atom is -0.264 e. The zero-order chi connectivity index (χ0) is 14.2. The lowest BCUT2D eigenvalue weighted by Gasteiger charge is -2.34. The molecule has 0 heterocycles. The molecule has 10 heteroatoms. The monoisotopic (exact) mass is 291 g/mol. The molecular weight excluding hydrogens is 282 g/mol.